The zero-order valence-corrected chi connectivity index (χ0v) is 10.7. The molecule has 3 N–H and O–H groups in total. The number of nitrogens with two attached hydrogens (primary N) is 1. The number of anilines is 1. The van der Waals surface area contributed by atoms with Crippen molar-refractivity contribution in [1.82, 2.24) is 14.5 Å². The molecule has 98 valence electrons. The third-order valence-electron chi connectivity index (χ3n) is 3.02. The molecule has 0 unspecified atom stereocenters. The van der Waals surface area contributed by atoms with Crippen molar-refractivity contribution in [1.29, 1.82) is 0 Å². The molecular weight excluding hydrogens is 268 g/mol. The first-order valence-electron chi connectivity index (χ1n) is 5.36. The lowest BCUT2D eigenvalue weighted by atomic mass is 10.2. The van der Waals surface area contributed by atoms with Crippen LogP contribution >= 0.6 is 0 Å². The van der Waals surface area contributed by atoms with Gasteiger partial charge in [-0.1, -0.05) is 6.07 Å². The van der Waals surface area contributed by atoms with Crippen LogP contribution in [0.15, 0.2) is 29.3 Å². The van der Waals surface area contributed by atoms with E-state index < -0.39 is 10.1 Å². The summed E-state index contributed by atoms with van der Waals surface area (Å²) in [6.45, 7) is 0. The van der Waals surface area contributed by atoms with Crippen molar-refractivity contribution in [2.75, 3.05) is 5.73 Å². The fourth-order valence-corrected chi connectivity index (χ4v) is 2.62. The summed E-state index contributed by atoms with van der Waals surface area (Å²) in [6.07, 6.45) is 1.59. The van der Waals surface area contributed by atoms with Crippen LogP contribution < -0.4 is 5.73 Å². The molecule has 0 saturated carbocycles. The monoisotopic (exact) mass is 278 g/mol. The van der Waals surface area contributed by atoms with Crippen LogP contribution in [0.2, 0.25) is 0 Å². The van der Waals surface area contributed by atoms with Gasteiger partial charge in [0, 0.05) is 24.0 Å². The van der Waals surface area contributed by atoms with Gasteiger partial charge in [0.15, 0.2) is 0 Å². The fourth-order valence-electron chi connectivity index (χ4n) is 2.12. The molecular formula is C11H10N4O3S. The lowest BCUT2D eigenvalue weighted by Crippen LogP contribution is -1.98. The molecule has 0 saturated heterocycles. The minimum atomic E-state index is -4.23. The zero-order chi connectivity index (χ0) is 13.8. The molecule has 0 aliphatic rings. The molecule has 0 atom stereocenters. The Kier molecular flexibility index (Phi) is 2.28. The van der Waals surface area contributed by atoms with Gasteiger partial charge in [-0.05, 0) is 12.1 Å². The Hall–Kier alpha value is -2.19. The van der Waals surface area contributed by atoms with Crippen LogP contribution in [0.25, 0.3) is 21.9 Å². The van der Waals surface area contributed by atoms with Crippen LogP contribution in [0.3, 0.4) is 0 Å². The van der Waals surface area contributed by atoms with Crippen molar-refractivity contribution in [3.05, 3.63) is 24.4 Å². The maximum absolute atomic E-state index is 11.2. The van der Waals surface area contributed by atoms with Gasteiger partial charge in [-0.25, -0.2) is 4.98 Å². The molecule has 0 radical (unpaired) electrons. The highest BCUT2D eigenvalue weighted by Gasteiger charge is 2.15. The molecule has 3 aromatic rings. The van der Waals surface area contributed by atoms with Crippen molar-refractivity contribution in [3.63, 3.8) is 0 Å². The highest BCUT2D eigenvalue weighted by Crippen LogP contribution is 2.28. The molecule has 0 bridgehead atoms. The van der Waals surface area contributed by atoms with Crippen LogP contribution in [-0.4, -0.2) is 27.5 Å². The Labute approximate surface area is 108 Å². The normalized spacial score (nSPS) is 12.3. The summed E-state index contributed by atoms with van der Waals surface area (Å²) in [6, 6.07) is 4.34. The maximum Gasteiger partial charge on any atom is 0.294 e. The molecule has 2 heterocycles. The largest absolute Gasteiger partial charge is 0.368 e. The van der Waals surface area contributed by atoms with Gasteiger partial charge in [0.2, 0.25) is 5.95 Å². The van der Waals surface area contributed by atoms with Gasteiger partial charge in [0.25, 0.3) is 10.1 Å². The highest BCUT2D eigenvalue weighted by molar-refractivity contribution is 7.85. The summed E-state index contributed by atoms with van der Waals surface area (Å²) in [5.41, 5.74) is 6.78. The number of aromatic nitrogens is 3. The number of aryl methyl sites for hydroxylation is 1. The first-order valence-corrected chi connectivity index (χ1v) is 6.80. The second-order valence-corrected chi connectivity index (χ2v) is 5.60. The smallest absolute Gasteiger partial charge is 0.294 e. The van der Waals surface area contributed by atoms with Gasteiger partial charge >= 0.3 is 0 Å². The quantitative estimate of drug-likeness (QED) is 0.641. The van der Waals surface area contributed by atoms with Crippen LogP contribution in [-0.2, 0) is 17.2 Å². The summed E-state index contributed by atoms with van der Waals surface area (Å²) in [5.74, 6) is 0.147. The fraction of sp³-hybridized carbons (Fsp3) is 0.0909. The SMILES string of the molecule is Cn1c2cc(S(=O)(=O)O)ccc2c2cnc(N)nc21. The van der Waals surface area contributed by atoms with E-state index >= 15 is 0 Å². The van der Waals surface area contributed by atoms with Gasteiger partial charge in [0.05, 0.1) is 10.4 Å². The molecule has 0 fully saturated rings. The number of hydrogen-bond donors (Lipinski definition) is 2. The van der Waals surface area contributed by atoms with Crippen molar-refractivity contribution < 1.29 is 13.0 Å². The van der Waals surface area contributed by atoms with E-state index in [0.29, 0.717) is 11.2 Å². The van der Waals surface area contributed by atoms with E-state index in [1.165, 1.54) is 12.1 Å². The van der Waals surface area contributed by atoms with Gasteiger partial charge in [-0.3, -0.25) is 4.55 Å². The average molecular weight is 278 g/mol. The summed E-state index contributed by atoms with van der Waals surface area (Å²) in [5, 5.41) is 1.57. The van der Waals surface area contributed by atoms with Gasteiger partial charge in [-0.2, -0.15) is 13.4 Å². The van der Waals surface area contributed by atoms with Crippen LogP contribution in [0.4, 0.5) is 5.95 Å². The Morgan fingerprint density at radius 3 is 2.74 bits per heavy atom. The highest BCUT2D eigenvalue weighted by atomic mass is 32.2. The van der Waals surface area contributed by atoms with Crippen molar-refractivity contribution in [2.24, 2.45) is 7.05 Å². The van der Waals surface area contributed by atoms with E-state index in [-0.39, 0.29) is 10.8 Å². The second-order valence-electron chi connectivity index (χ2n) is 4.18. The topological polar surface area (TPSA) is 111 Å². The van der Waals surface area contributed by atoms with E-state index in [1.54, 1.807) is 23.9 Å². The molecule has 1 aromatic carbocycles. The first-order chi connectivity index (χ1) is 8.88. The van der Waals surface area contributed by atoms with Crippen LogP contribution in [0.5, 0.6) is 0 Å². The van der Waals surface area contributed by atoms with Crippen molar-refractivity contribution >= 4 is 38.0 Å². The zero-order valence-electron chi connectivity index (χ0n) is 9.90. The lowest BCUT2D eigenvalue weighted by Gasteiger charge is -1.99. The number of hydrogen-bond acceptors (Lipinski definition) is 5. The Morgan fingerprint density at radius 2 is 2.05 bits per heavy atom. The first kappa shape index (κ1) is 11.9. The predicted octanol–water partition coefficient (Wildman–Crippen LogP) is 0.950. The van der Waals surface area contributed by atoms with E-state index in [1.807, 2.05) is 0 Å². The molecule has 19 heavy (non-hydrogen) atoms. The standard InChI is InChI=1S/C11H10N4O3S/c1-15-9-4-6(19(16,17)18)2-3-7(9)8-5-13-11(12)14-10(8)15/h2-5H,1H3,(H2,12,13,14)(H,16,17,18). The number of benzene rings is 1. The lowest BCUT2D eigenvalue weighted by molar-refractivity contribution is 0.483. The van der Waals surface area contributed by atoms with E-state index in [9.17, 15) is 8.42 Å². The van der Waals surface area contributed by atoms with Crippen molar-refractivity contribution in [3.8, 4) is 0 Å². The summed E-state index contributed by atoms with van der Waals surface area (Å²) < 4.78 is 33.1. The minimum absolute atomic E-state index is 0.147. The Bertz CT molecular complexity index is 914. The molecule has 3 rings (SSSR count). The number of fused-ring (bicyclic) bond motifs is 3. The van der Waals surface area contributed by atoms with E-state index in [2.05, 4.69) is 9.97 Å². The van der Waals surface area contributed by atoms with E-state index in [4.69, 9.17) is 10.3 Å². The molecule has 2 aromatic heterocycles. The number of nitrogens with zero attached hydrogens (tertiary/aromatic N) is 3. The summed E-state index contributed by atoms with van der Waals surface area (Å²) >= 11 is 0. The molecule has 0 spiro atoms. The maximum atomic E-state index is 11.2. The van der Waals surface area contributed by atoms with Crippen LogP contribution in [0.1, 0.15) is 0 Å². The van der Waals surface area contributed by atoms with Gasteiger partial charge in [-0.15, -0.1) is 0 Å². The van der Waals surface area contributed by atoms with E-state index in [0.717, 1.165) is 10.8 Å². The third-order valence-corrected chi connectivity index (χ3v) is 3.87. The van der Waals surface area contributed by atoms with Crippen LogP contribution in [0, 0.1) is 0 Å². The number of nitrogen functional groups attached to an aromatic ring is 1. The molecule has 7 nitrogen and oxygen atoms in total. The van der Waals surface area contributed by atoms with Gasteiger partial charge < -0.3 is 10.3 Å². The molecule has 0 amide bonds. The summed E-state index contributed by atoms with van der Waals surface area (Å²) in [7, 11) is -2.49. The molecule has 0 aliphatic heterocycles. The van der Waals surface area contributed by atoms with Gasteiger partial charge in [0.1, 0.15) is 5.65 Å². The third kappa shape index (κ3) is 1.72. The van der Waals surface area contributed by atoms with Crippen molar-refractivity contribution in [2.45, 2.75) is 4.90 Å². The second kappa shape index (κ2) is 3.65. The predicted molar refractivity (Wildman–Crippen MR) is 70.2 cm³/mol. The average Bonchev–Trinajstić information content (AvgIpc) is 2.62. The molecule has 8 heteroatoms. The summed E-state index contributed by atoms with van der Waals surface area (Å²) in [4.78, 5) is 7.89. The molecule has 0 aliphatic carbocycles. The Balaban J connectivity index is 2.48. The Morgan fingerprint density at radius 1 is 1.32 bits per heavy atom. The minimum Gasteiger partial charge on any atom is -0.368 e. The number of rotatable bonds is 1.